The van der Waals surface area contributed by atoms with Crippen LogP contribution >= 0.6 is 0 Å². The minimum atomic E-state index is -0.977. The lowest BCUT2D eigenvalue weighted by Crippen LogP contribution is -2.48. The Kier molecular flexibility index (Phi) is 7.43. The second-order valence-corrected chi connectivity index (χ2v) is 6.56. The van der Waals surface area contributed by atoms with Gasteiger partial charge in [0, 0.05) is 18.0 Å². The third kappa shape index (κ3) is 6.14. The predicted molar refractivity (Wildman–Crippen MR) is 103 cm³/mol. The molecule has 1 unspecified atom stereocenters. The van der Waals surface area contributed by atoms with Crippen LogP contribution in [0.25, 0.3) is 10.8 Å². The van der Waals surface area contributed by atoms with Crippen molar-refractivity contribution in [2.75, 3.05) is 19.7 Å². The molecule has 0 heterocycles. The van der Waals surface area contributed by atoms with Crippen LogP contribution in [0.15, 0.2) is 42.5 Å². The number of carboxylic acid groups (broad SMARTS) is 1. The number of fused-ring (bicyclic) bond motifs is 1. The summed E-state index contributed by atoms with van der Waals surface area (Å²) in [5.41, 5.74) is 0. The Labute approximate surface area is 158 Å². The first kappa shape index (κ1) is 20.5. The number of carbonyl (C=O) groups excluding carboxylic acids is 1. The van der Waals surface area contributed by atoms with Crippen molar-refractivity contribution in [1.82, 2.24) is 10.2 Å². The van der Waals surface area contributed by atoms with E-state index in [9.17, 15) is 14.7 Å². The molecule has 3 N–H and O–H groups in total. The maximum absolute atomic E-state index is 12.2. The second kappa shape index (κ2) is 9.78. The van der Waals surface area contributed by atoms with E-state index in [1.165, 1.54) is 4.90 Å². The molecule has 146 valence electrons. The molecule has 0 aromatic heterocycles. The number of hydrogen-bond acceptors (Lipinski definition) is 4. The number of aliphatic hydroxyl groups excluding tert-OH is 1. The highest BCUT2D eigenvalue weighted by Crippen LogP contribution is 2.25. The number of aliphatic hydroxyl groups is 1. The molecular weight excluding hydrogens is 348 g/mol. The third-order valence-electron chi connectivity index (χ3n) is 4.09. The van der Waals surface area contributed by atoms with E-state index >= 15 is 0 Å². The summed E-state index contributed by atoms with van der Waals surface area (Å²) < 4.78 is 5.77. The Morgan fingerprint density at radius 1 is 1.15 bits per heavy atom. The molecule has 1 atom stereocenters. The highest BCUT2D eigenvalue weighted by molar-refractivity contribution is 5.88. The fourth-order valence-electron chi connectivity index (χ4n) is 2.69. The number of nitrogens with one attached hydrogen (secondary N) is 1. The van der Waals surface area contributed by atoms with Gasteiger partial charge in [-0.3, -0.25) is 4.79 Å². The average Bonchev–Trinajstić information content (AvgIpc) is 2.63. The van der Waals surface area contributed by atoms with Crippen LogP contribution < -0.4 is 10.1 Å². The molecule has 2 aromatic rings. The van der Waals surface area contributed by atoms with Gasteiger partial charge in [-0.2, -0.15) is 0 Å². The number of carboxylic acids is 1. The Morgan fingerprint density at radius 2 is 1.85 bits per heavy atom. The minimum Gasteiger partial charge on any atom is -0.490 e. The lowest BCUT2D eigenvalue weighted by Gasteiger charge is -2.29. The summed E-state index contributed by atoms with van der Waals surface area (Å²) in [6.45, 7) is 3.82. The Morgan fingerprint density at radius 3 is 2.56 bits per heavy atom. The molecular formula is C20H26N2O5. The van der Waals surface area contributed by atoms with Crippen LogP contribution in [-0.4, -0.2) is 59.0 Å². The lowest BCUT2D eigenvalue weighted by atomic mass is 10.1. The van der Waals surface area contributed by atoms with Gasteiger partial charge in [-0.05, 0) is 25.3 Å². The van der Waals surface area contributed by atoms with Crippen LogP contribution in [0, 0.1) is 0 Å². The van der Waals surface area contributed by atoms with Gasteiger partial charge in [-0.25, -0.2) is 4.79 Å². The van der Waals surface area contributed by atoms with E-state index in [-0.39, 0.29) is 32.2 Å². The molecule has 0 aliphatic heterocycles. The Hall–Kier alpha value is -2.80. The summed E-state index contributed by atoms with van der Waals surface area (Å²) in [5.74, 6) is -0.302. The number of hydrogen-bond donors (Lipinski definition) is 3. The maximum atomic E-state index is 12.2. The number of nitrogens with zero attached hydrogens (tertiary/aromatic N) is 1. The van der Waals surface area contributed by atoms with Crippen LogP contribution in [0.1, 0.15) is 20.3 Å². The summed E-state index contributed by atoms with van der Waals surface area (Å²) in [6, 6.07) is 13.0. The molecule has 0 aliphatic carbocycles. The van der Waals surface area contributed by atoms with Crippen LogP contribution in [-0.2, 0) is 4.79 Å². The van der Waals surface area contributed by atoms with Crippen molar-refractivity contribution in [3.05, 3.63) is 42.5 Å². The summed E-state index contributed by atoms with van der Waals surface area (Å²) >= 11 is 0. The van der Waals surface area contributed by atoms with Crippen molar-refractivity contribution in [2.24, 2.45) is 0 Å². The molecule has 0 bridgehead atoms. The van der Waals surface area contributed by atoms with Crippen LogP contribution in [0.5, 0.6) is 5.75 Å². The average molecular weight is 374 g/mol. The number of ether oxygens (including phenoxy) is 1. The topological polar surface area (TPSA) is 99.1 Å². The molecule has 27 heavy (non-hydrogen) atoms. The van der Waals surface area contributed by atoms with Gasteiger partial charge in [0.05, 0.1) is 13.0 Å². The number of rotatable bonds is 9. The van der Waals surface area contributed by atoms with E-state index in [1.54, 1.807) is 0 Å². The van der Waals surface area contributed by atoms with E-state index in [2.05, 4.69) is 5.32 Å². The number of carbonyl (C=O) groups is 2. The Balaban J connectivity index is 1.92. The highest BCUT2D eigenvalue weighted by Gasteiger charge is 2.21. The number of benzene rings is 2. The lowest BCUT2D eigenvalue weighted by molar-refractivity contribution is -0.136. The molecule has 0 saturated heterocycles. The van der Waals surface area contributed by atoms with E-state index in [0.717, 1.165) is 10.8 Å². The van der Waals surface area contributed by atoms with Crippen LogP contribution in [0.3, 0.4) is 0 Å². The van der Waals surface area contributed by atoms with Crippen molar-refractivity contribution >= 4 is 22.8 Å². The summed E-state index contributed by atoms with van der Waals surface area (Å²) in [5, 5.41) is 23.5. The molecule has 0 aliphatic rings. The molecule has 0 fully saturated rings. The molecule has 0 radical (unpaired) electrons. The number of aliphatic carboxylic acids is 1. The van der Waals surface area contributed by atoms with Gasteiger partial charge in [-0.15, -0.1) is 0 Å². The summed E-state index contributed by atoms with van der Waals surface area (Å²) in [4.78, 5) is 24.2. The van der Waals surface area contributed by atoms with Gasteiger partial charge >= 0.3 is 12.0 Å². The number of amides is 2. The monoisotopic (exact) mass is 374 g/mol. The van der Waals surface area contributed by atoms with Crippen LogP contribution in [0.2, 0.25) is 0 Å². The quantitative estimate of drug-likeness (QED) is 0.626. The minimum absolute atomic E-state index is 0.0413. The molecule has 0 saturated carbocycles. The largest absolute Gasteiger partial charge is 0.490 e. The van der Waals surface area contributed by atoms with Gasteiger partial charge < -0.3 is 25.2 Å². The smallest absolute Gasteiger partial charge is 0.317 e. The summed E-state index contributed by atoms with van der Waals surface area (Å²) in [6.07, 6.45) is -1.03. The Bertz CT molecular complexity index is 773. The van der Waals surface area contributed by atoms with E-state index in [4.69, 9.17) is 9.84 Å². The normalized spacial score (nSPS) is 12.0. The van der Waals surface area contributed by atoms with Crippen molar-refractivity contribution < 1.29 is 24.5 Å². The third-order valence-corrected chi connectivity index (χ3v) is 4.09. The first-order chi connectivity index (χ1) is 12.9. The second-order valence-electron chi connectivity index (χ2n) is 6.56. The van der Waals surface area contributed by atoms with Gasteiger partial charge in [-0.1, -0.05) is 36.4 Å². The van der Waals surface area contributed by atoms with E-state index in [0.29, 0.717) is 5.75 Å². The maximum Gasteiger partial charge on any atom is 0.317 e. The van der Waals surface area contributed by atoms with Crippen molar-refractivity contribution in [2.45, 2.75) is 32.4 Å². The van der Waals surface area contributed by atoms with E-state index in [1.807, 2.05) is 56.3 Å². The van der Waals surface area contributed by atoms with Gasteiger partial charge in [0.25, 0.3) is 0 Å². The zero-order chi connectivity index (χ0) is 19.8. The van der Waals surface area contributed by atoms with Crippen molar-refractivity contribution in [3.63, 3.8) is 0 Å². The molecule has 7 nitrogen and oxygen atoms in total. The first-order valence-corrected chi connectivity index (χ1v) is 8.93. The summed E-state index contributed by atoms with van der Waals surface area (Å²) in [7, 11) is 0. The fourth-order valence-corrected chi connectivity index (χ4v) is 2.69. The molecule has 2 aromatic carbocycles. The SMILES string of the molecule is CC(C)N(CC(O)COc1cccc2ccccc12)C(=O)NCCC(=O)O. The standard InChI is InChI=1S/C20H26N2O5/c1-14(2)22(20(26)21-11-10-19(24)25)12-16(23)13-27-18-9-5-7-15-6-3-4-8-17(15)18/h3-9,14,16,23H,10-13H2,1-2H3,(H,21,26)(H,24,25). The van der Waals surface area contributed by atoms with Gasteiger partial charge in [0.1, 0.15) is 18.5 Å². The highest BCUT2D eigenvalue weighted by atomic mass is 16.5. The van der Waals surface area contributed by atoms with E-state index < -0.39 is 18.1 Å². The number of urea groups is 1. The predicted octanol–water partition coefficient (Wildman–Crippen LogP) is 2.47. The zero-order valence-electron chi connectivity index (χ0n) is 15.6. The fraction of sp³-hybridized carbons (Fsp3) is 0.400. The molecule has 7 heteroatoms. The molecule has 2 rings (SSSR count). The zero-order valence-corrected chi connectivity index (χ0v) is 15.6. The van der Waals surface area contributed by atoms with Crippen molar-refractivity contribution in [1.29, 1.82) is 0 Å². The van der Waals surface area contributed by atoms with Gasteiger partial charge in [0.2, 0.25) is 0 Å². The first-order valence-electron chi connectivity index (χ1n) is 8.93. The molecule has 2 amide bonds. The van der Waals surface area contributed by atoms with Gasteiger partial charge in [0.15, 0.2) is 0 Å². The van der Waals surface area contributed by atoms with Crippen LogP contribution in [0.4, 0.5) is 4.79 Å². The van der Waals surface area contributed by atoms with Crippen molar-refractivity contribution in [3.8, 4) is 5.75 Å². The molecule has 0 spiro atoms.